The minimum Gasteiger partial charge on any atom is -0.496 e. The normalized spacial score (nSPS) is 12.3. The average molecular weight is 351 g/mol. The van der Waals surface area contributed by atoms with Crippen LogP contribution in [-0.2, 0) is 6.54 Å². The summed E-state index contributed by atoms with van der Waals surface area (Å²) in [6.45, 7) is 7.17. The Hall–Kier alpha value is -2.82. The molecule has 1 amide bonds. The third-order valence-corrected chi connectivity index (χ3v) is 4.32. The number of carbonyl (C=O) groups excluding carboxylic acids is 1. The molecular weight excluding hydrogens is 326 g/mol. The van der Waals surface area contributed by atoms with Gasteiger partial charge in [-0.2, -0.15) is 0 Å². The van der Waals surface area contributed by atoms with Gasteiger partial charge in [0.1, 0.15) is 11.6 Å². The van der Waals surface area contributed by atoms with Gasteiger partial charge in [-0.15, -0.1) is 0 Å². The molecule has 0 radical (unpaired) electrons. The van der Waals surface area contributed by atoms with Crippen molar-refractivity contribution < 1.29 is 9.53 Å². The lowest BCUT2D eigenvalue weighted by atomic mass is 10.1. The van der Waals surface area contributed by atoms with Crippen LogP contribution in [0.25, 0.3) is 11.0 Å². The summed E-state index contributed by atoms with van der Waals surface area (Å²) in [6, 6.07) is 15.1. The van der Waals surface area contributed by atoms with Crippen molar-refractivity contribution in [3.05, 3.63) is 59.9 Å². The van der Waals surface area contributed by atoms with Crippen molar-refractivity contribution in [1.82, 2.24) is 14.9 Å². The molecule has 3 aromatic rings. The zero-order valence-corrected chi connectivity index (χ0v) is 15.7. The van der Waals surface area contributed by atoms with Crippen LogP contribution in [0.2, 0.25) is 0 Å². The SMILES string of the molecule is COc1ccccc1C(=O)NC(C)c1nc2ccccc2n1CC(C)C. The van der Waals surface area contributed by atoms with Crippen LogP contribution in [0.5, 0.6) is 5.75 Å². The Kier molecular flexibility index (Phi) is 5.26. The Bertz CT molecular complexity index is 915. The van der Waals surface area contributed by atoms with Crippen LogP contribution in [0.15, 0.2) is 48.5 Å². The van der Waals surface area contributed by atoms with Gasteiger partial charge in [-0.1, -0.05) is 38.1 Å². The quantitative estimate of drug-likeness (QED) is 0.724. The van der Waals surface area contributed by atoms with Crippen LogP contribution in [0.4, 0.5) is 0 Å². The number of hydrogen-bond acceptors (Lipinski definition) is 3. The van der Waals surface area contributed by atoms with Gasteiger partial charge in [0.25, 0.3) is 5.91 Å². The highest BCUT2D eigenvalue weighted by molar-refractivity contribution is 5.97. The first-order valence-electron chi connectivity index (χ1n) is 8.90. The number of methoxy groups -OCH3 is 1. The van der Waals surface area contributed by atoms with E-state index in [-0.39, 0.29) is 11.9 Å². The second kappa shape index (κ2) is 7.60. The summed E-state index contributed by atoms with van der Waals surface area (Å²) in [7, 11) is 1.57. The second-order valence-corrected chi connectivity index (χ2v) is 6.86. The third-order valence-electron chi connectivity index (χ3n) is 4.32. The molecule has 1 aromatic heterocycles. The van der Waals surface area contributed by atoms with E-state index in [4.69, 9.17) is 9.72 Å². The number of fused-ring (bicyclic) bond motifs is 1. The van der Waals surface area contributed by atoms with E-state index in [0.717, 1.165) is 23.4 Å². The zero-order chi connectivity index (χ0) is 18.7. The number of benzene rings is 2. The number of rotatable bonds is 6. The largest absolute Gasteiger partial charge is 0.496 e. The molecule has 0 fully saturated rings. The fraction of sp³-hybridized carbons (Fsp3) is 0.333. The van der Waals surface area contributed by atoms with Gasteiger partial charge in [0, 0.05) is 6.54 Å². The lowest BCUT2D eigenvalue weighted by Crippen LogP contribution is -2.29. The molecule has 1 N–H and O–H groups in total. The highest BCUT2D eigenvalue weighted by atomic mass is 16.5. The van der Waals surface area contributed by atoms with Gasteiger partial charge in [0.2, 0.25) is 0 Å². The van der Waals surface area contributed by atoms with E-state index in [0.29, 0.717) is 17.2 Å². The van der Waals surface area contributed by atoms with Crippen molar-refractivity contribution in [2.24, 2.45) is 5.92 Å². The van der Waals surface area contributed by atoms with Gasteiger partial charge in [-0.25, -0.2) is 4.98 Å². The van der Waals surface area contributed by atoms with Crippen LogP contribution in [-0.4, -0.2) is 22.6 Å². The molecule has 1 atom stereocenters. The van der Waals surface area contributed by atoms with Crippen molar-refractivity contribution in [1.29, 1.82) is 0 Å². The molecule has 5 nitrogen and oxygen atoms in total. The molecule has 0 spiro atoms. The van der Waals surface area contributed by atoms with E-state index in [9.17, 15) is 4.79 Å². The molecule has 0 saturated heterocycles. The van der Waals surface area contributed by atoms with E-state index >= 15 is 0 Å². The number of para-hydroxylation sites is 3. The summed E-state index contributed by atoms with van der Waals surface area (Å²) in [5.74, 6) is 1.73. The molecule has 5 heteroatoms. The van der Waals surface area contributed by atoms with Gasteiger partial charge in [-0.05, 0) is 37.1 Å². The molecule has 0 aliphatic rings. The summed E-state index contributed by atoms with van der Waals surface area (Å²) < 4.78 is 7.50. The van der Waals surface area contributed by atoms with Crippen LogP contribution >= 0.6 is 0 Å². The fourth-order valence-electron chi connectivity index (χ4n) is 3.15. The standard InChI is InChI=1S/C21H25N3O2/c1-14(2)13-24-18-11-7-6-10-17(18)23-20(24)15(3)22-21(25)16-9-5-8-12-19(16)26-4/h5-12,14-15H,13H2,1-4H3,(H,22,25). The molecule has 0 saturated carbocycles. The Morgan fingerprint density at radius 3 is 2.54 bits per heavy atom. The van der Waals surface area contributed by atoms with Crippen LogP contribution in [0, 0.1) is 5.92 Å². The summed E-state index contributed by atoms with van der Waals surface area (Å²) in [4.78, 5) is 17.5. The van der Waals surface area contributed by atoms with Gasteiger partial charge in [0.05, 0.1) is 29.7 Å². The Labute approximate surface area is 154 Å². The predicted octanol–water partition coefficient (Wildman–Crippen LogP) is 4.19. The maximum Gasteiger partial charge on any atom is 0.255 e. The van der Waals surface area contributed by atoms with Gasteiger partial charge < -0.3 is 14.6 Å². The van der Waals surface area contributed by atoms with Gasteiger partial charge in [-0.3, -0.25) is 4.79 Å². The molecule has 3 rings (SSSR count). The topological polar surface area (TPSA) is 56.1 Å². The fourth-order valence-corrected chi connectivity index (χ4v) is 3.15. The lowest BCUT2D eigenvalue weighted by molar-refractivity contribution is 0.0934. The summed E-state index contributed by atoms with van der Waals surface area (Å²) in [5.41, 5.74) is 2.56. The second-order valence-electron chi connectivity index (χ2n) is 6.86. The minimum atomic E-state index is -0.224. The maximum atomic E-state index is 12.7. The number of nitrogens with one attached hydrogen (secondary N) is 1. The minimum absolute atomic E-state index is 0.168. The predicted molar refractivity (Wildman–Crippen MR) is 103 cm³/mol. The zero-order valence-electron chi connectivity index (χ0n) is 15.7. The monoisotopic (exact) mass is 351 g/mol. The first-order chi connectivity index (χ1) is 12.5. The average Bonchev–Trinajstić information content (AvgIpc) is 2.99. The highest BCUT2D eigenvalue weighted by Gasteiger charge is 2.20. The number of carbonyl (C=O) groups is 1. The molecule has 26 heavy (non-hydrogen) atoms. The number of hydrogen-bond donors (Lipinski definition) is 1. The molecule has 1 heterocycles. The molecule has 0 aliphatic carbocycles. The van der Waals surface area contributed by atoms with E-state index in [1.807, 2.05) is 37.3 Å². The number of nitrogens with zero attached hydrogens (tertiary/aromatic N) is 2. The Morgan fingerprint density at radius 1 is 1.12 bits per heavy atom. The van der Waals surface area contributed by atoms with Gasteiger partial charge in [0.15, 0.2) is 0 Å². The van der Waals surface area contributed by atoms with Crippen molar-refractivity contribution in [3.8, 4) is 5.75 Å². The number of amides is 1. The number of imidazole rings is 1. The van der Waals surface area contributed by atoms with E-state index in [1.54, 1.807) is 19.2 Å². The van der Waals surface area contributed by atoms with Crippen molar-refractivity contribution in [2.75, 3.05) is 7.11 Å². The maximum absolute atomic E-state index is 12.7. The first kappa shape index (κ1) is 18.0. The van der Waals surface area contributed by atoms with Crippen LogP contribution in [0.3, 0.4) is 0 Å². The van der Waals surface area contributed by atoms with Crippen molar-refractivity contribution >= 4 is 16.9 Å². The third kappa shape index (κ3) is 3.57. The van der Waals surface area contributed by atoms with E-state index in [1.165, 1.54) is 0 Å². The van der Waals surface area contributed by atoms with Crippen LogP contribution < -0.4 is 10.1 Å². The van der Waals surface area contributed by atoms with Crippen molar-refractivity contribution in [3.63, 3.8) is 0 Å². The molecule has 136 valence electrons. The van der Waals surface area contributed by atoms with E-state index < -0.39 is 0 Å². The molecule has 0 bridgehead atoms. The molecule has 0 aliphatic heterocycles. The highest BCUT2D eigenvalue weighted by Crippen LogP contribution is 2.23. The Morgan fingerprint density at radius 2 is 1.81 bits per heavy atom. The number of aromatic nitrogens is 2. The lowest BCUT2D eigenvalue weighted by Gasteiger charge is -2.18. The van der Waals surface area contributed by atoms with Crippen molar-refractivity contribution in [2.45, 2.75) is 33.4 Å². The van der Waals surface area contributed by atoms with Crippen LogP contribution in [0.1, 0.15) is 43.0 Å². The first-order valence-corrected chi connectivity index (χ1v) is 8.90. The van der Waals surface area contributed by atoms with E-state index in [2.05, 4.69) is 29.8 Å². The Balaban J connectivity index is 1.92. The number of ether oxygens (including phenoxy) is 1. The molecular formula is C21H25N3O2. The summed E-state index contributed by atoms with van der Waals surface area (Å²) in [5, 5.41) is 3.06. The molecule has 1 unspecified atom stereocenters. The molecule has 2 aromatic carbocycles. The summed E-state index contributed by atoms with van der Waals surface area (Å²) >= 11 is 0. The van der Waals surface area contributed by atoms with Gasteiger partial charge >= 0.3 is 0 Å². The smallest absolute Gasteiger partial charge is 0.255 e. The summed E-state index contributed by atoms with van der Waals surface area (Å²) in [6.07, 6.45) is 0.